The highest BCUT2D eigenvalue weighted by molar-refractivity contribution is 5.92. The van der Waals surface area contributed by atoms with Gasteiger partial charge in [-0.3, -0.25) is 4.79 Å². The van der Waals surface area contributed by atoms with Gasteiger partial charge in [-0.05, 0) is 68.7 Å². The second-order valence-electron chi connectivity index (χ2n) is 8.44. The number of hydrogen-bond donors (Lipinski definition) is 4. The smallest absolute Gasteiger partial charge is 0.407 e. The molecule has 0 fully saturated rings. The van der Waals surface area contributed by atoms with Crippen LogP contribution in [0.3, 0.4) is 0 Å². The first-order valence-corrected chi connectivity index (χ1v) is 10.5. The summed E-state index contributed by atoms with van der Waals surface area (Å²) in [6, 6.07) is 13.0. The summed E-state index contributed by atoms with van der Waals surface area (Å²) >= 11 is 0. The molecule has 170 valence electrons. The maximum Gasteiger partial charge on any atom is 0.407 e. The molecule has 2 aromatic carbocycles. The van der Waals surface area contributed by atoms with Crippen molar-refractivity contribution in [3.63, 3.8) is 0 Å². The van der Waals surface area contributed by atoms with Gasteiger partial charge < -0.3 is 30.8 Å². The third-order valence-corrected chi connectivity index (χ3v) is 4.64. The number of H-pyrrole nitrogens is 1. The van der Waals surface area contributed by atoms with Crippen LogP contribution in [-0.2, 0) is 22.5 Å². The van der Waals surface area contributed by atoms with Crippen molar-refractivity contribution in [2.75, 3.05) is 18.5 Å². The van der Waals surface area contributed by atoms with Crippen LogP contribution in [-0.4, -0.2) is 35.7 Å². The summed E-state index contributed by atoms with van der Waals surface area (Å²) in [6.45, 7) is 6.27. The molecule has 32 heavy (non-hydrogen) atoms. The second kappa shape index (κ2) is 10.2. The number of amides is 2. The third-order valence-electron chi connectivity index (χ3n) is 4.64. The van der Waals surface area contributed by atoms with E-state index in [1.165, 1.54) is 0 Å². The summed E-state index contributed by atoms with van der Waals surface area (Å²) in [6.07, 6.45) is 2.09. The first-order valence-electron chi connectivity index (χ1n) is 10.5. The molecule has 8 heteroatoms. The van der Waals surface area contributed by atoms with E-state index in [4.69, 9.17) is 15.2 Å². The minimum atomic E-state index is -0.530. The number of fused-ring (bicyclic) bond motifs is 1. The molecule has 8 nitrogen and oxygen atoms in total. The van der Waals surface area contributed by atoms with Crippen molar-refractivity contribution in [2.24, 2.45) is 5.73 Å². The molecule has 2 amide bonds. The first-order chi connectivity index (χ1) is 15.2. The number of nitrogens with one attached hydrogen (secondary N) is 3. The lowest BCUT2D eigenvalue weighted by Gasteiger charge is -2.19. The molecule has 1 heterocycles. The van der Waals surface area contributed by atoms with Gasteiger partial charge in [-0.25, -0.2) is 4.79 Å². The number of ether oxygens (including phenoxy) is 2. The standard InChI is InChI=1S/C24H30N4O4/c1-24(2,3)32-23(30)26-11-10-17-14-27-21-9-8-19(12-20(17)21)31-15-22(29)28-18-6-4-16(13-25)5-7-18/h4-9,12,14,27H,10-11,13,15,25H2,1-3H3,(H,26,30)(H,28,29). The molecule has 5 N–H and O–H groups in total. The fourth-order valence-electron chi connectivity index (χ4n) is 3.14. The van der Waals surface area contributed by atoms with Crippen LogP contribution in [0.1, 0.15) is 31.9 Å². The Bertz CT molecular complexity index is 1070. The predicted molar refractivity (Wildman–Crippen MR) is 125 cm³/mol. The van der Waals surface area contributed by atoms with Crippen LogP contribution in [0.4, 0.5) is 10.5 Å². The van der Waals surface area contributed by atoms with Crippen LogP contribution in [0.2, 0.25) is 0 Å². The van der Waals surface area contributed by atoms with Crippen molar-refractivity contribution in [2.45, 2.75) is 39.3 Å². The number of alkyl carbamates (subject to hydrolysis) is 1. The molecular weight excluding hydrogens is 408 g/mol. The Hall–Kier alpha value is -3.52. The Balaban J connectivity index is 1.54. The summed E-state index contributed by atoms with van der Waals surface area (Å²) in [7, 11) is 0. The largest absolute Gasteiger partial charge is 0.484 e. The lowest BCUT2D eigenvalue weighted by molar-refractivity contribution is -0.118. The molecule has 0 bridgehead atoms. The quantitative estimate of drug-likeness (QED) is 0.428. The number of aromatic amines is 1. The van der Waals surface area contributed by atoms with Gasteiger partial charge in [-0.2, -0.15) is 0 Å². The van der Waals surface area contributed by atoms with Gasteiger partial charge in [-0.1, -0.05) is 12.1 Å². The van der Waals surface area contributed by atoms with Gasteiger partial charge in [0.15, 0.2) is 6.61 Å². The second-order valence-corrected chi connectivity index (χ2v) is 8.44. The van der Waals surface area contributed by atoms with Crippen molar-refractivity contribution in [1.82, 2.24) is 10.3 Å². The minimum absolute atomic E-state index is 0.107. The highest BCUT2D eigenvalue weighted by Crippen LogP contribution is 2.24. The van der Waals surface area contributed by atoms with E-state index in [9.17, 15) is 9.59 Å². The monoisotopic (exact) mass is 438 g/mol. The van der Waals surface area contributed by atoms with Crippen molar-refractivity contribution < 1.29 is 19.1 Å². The summed E-state index contributed by atoms with van der Waals surface area (Å²) in [5, 5.41) is 6.54. The fourth-order valence-corrected chi connectivity index (χ4v) is 3.14. The molecule has 0 saturated heterocycles. The fraction of sp³-hybridized carbons (Fsp3) is 0.333. The van der Waals surface area contributed by atoms with Crippen LogP contribution in [0.5, 0.6) is 5.75 Å². The minimum Gasteiger partial charge on any atom is -0.484 e. The van der Waals surface area contributed by atoms with Gasteiger partial charge in [0, 0.05) is 35.9 Å². The number of carbonyl (C=O) groups excluding carboxylic acids is 2. The van der Waals surface area contributed by atoms with E-state index in [1.54, 1.807) is 0 Å². The molecule has 0 unspecified atom stereocenters. The average Bonchev–Trinajstić information content (AvgIpc) is 3.14. The Labute approximate surface area is 187 Å². The normalized spacial score (nSPS) is 11.2. The van der Waals surface area contributed by atoms with Crippen LogP contribution >= 0.6 is 0 Å². The van der Waals surface area contributed by atoms with Crippen LogP contribution in [0, 0.1) is 0 Å². The number of benzene rings is 2. The number of anilines is 1. The van der Waals surface area contributed by atoms with Crippen molar-refractivity contribution in [3.05, 3.63) is 59.8 Å². The summed E-state index contributed by atoms with van der Waals surface area (Å²) in [5.41, 5.74) is 8.73. The van der Waals surface area contributed by atoms with Crippen molar-refractivity contribution >= 4 is 28.6 Å². The van der Waals surface area contributed by atoms with Gasteiger partial charge in [-0.15, -0.1) is 0 Å². The van der Waals surface area contributed by atoms with Crippen LogP contribution in [0.15, 0.2) is 48.7 Å². The molecule has 0 saturated carbocycles. The maximum atomic E-state index is 12.2. The van der Waals surface area contributed by atoms with Crippen LogP contribution in [0.25, 0.3) is 10.9 Å². The van der Waals surface area contributed by atoms with E-state index in [0.717, 1.165) is 22.0 Å². The molecule has 0 spiro atoms. The van der Waals surface area contributed by atoms with Gasteiger partial charge in [0.05, 0.1) is 0 Å². The maximum absolute atomic E-state index is 12.2. The number of nitrogens with two attached hydrogens (primary N) is 1. The highest BCUT2D eigenvalue weighted by atomic mass is 16.6. The molecule has 3 aromatic rings. The first kappa shape index (κ1) is 23.1. The lowest BCUT2D eigenvalue weighted by Crippen LogP contribution is -2.33. The van der Waals surface area contributed by atoms with Gasteiger partial charge in [0.1, 0.15) is 11.4 Å². The number of rotatable bonds is 8. The Morgan fingerprint density at radius 3 is 2.53 bits per heavy atom. The van der Waals surface area contributed by atoms with E-state index in [2.05, 4.69) is 15.6 Å². The highest BCUT2D eigenvalue weighted by Gasteiger charge is 2.16. The van der Waals surface area contributed by atoms with Gasteiger partial charge >= 0.3 is 6.09 Å². The third kappa shape index (κ3) is 6.75. The Morgan fingerprint density at radius 2 is 1.84 bits per heavy atom. The van der Waals surface area contributed by atoms with E-state index in [-0.39, 0.29) is 12.5 Å². The molecule has 0 aliphatic carbocycles. The van der Waals surface area contributed by atoms with Crippen LogP contribution < -0.4 is 21.1 Å². The van der Waals surface area contributed by atoms with E-state index >= 15 is 0 Å². The number of aromatic nitrogens is 1. The molecule has 1 aromatic heterocycles. The van der Waals surface area contributed by atoms with E-state index < -0.39 is 11.7 Å². The molecule has 0 atom stereocenters. The SMILES string of the molecule is CC(C)(C)OC(=O)NCCc1c[nH]c2ccc(OCC(=O)Nc3ccc(CN)cc3)cc12. The number of hydrogen-bond acceptors (Lipinski definition) is 5. The molecule has 0 aliphatic rings. The molecule has 3 rings (SSSR count). The lowest BCUT2D eigenvalue weighted by atomic mass is 10.1. The van der Waals surface area contributed by atoms with E-state index in [0.29, 0.717) is 30.9 Å². The topological polar surface area (TPSA) is 118 Å². The van der Waals surface area contributed by atoms with Crippen molar-refractivity contribution in [1.29, 1.82) is 0 Å². The van der Waals surface area contributed by atoms with Crippen molar-refractivity contribution in [3.8, 4) is 5.75 Å². The zero-order valence-electron chi connectivity index (χ0n) is 18.7. The zero-order chi connectivity index (χ0) is 23.1. The average molecular weight is 439 g/mol. The summed E-state index contributed by atoms with van der Waals surface area (Å²) in [4.78, 5) is 27.2. The Morgan fingerprint density at radius 1 is 1.09 bits per heavy atom. The zero-order valence-corrected chi connectivity index (χ0v) is 18.7. The summed E-state index contributed by atoms with van der Waals surface area (Å²) in [5.74, 6) is 0.341. The predicted octanol–water partition coefficient (Wildman–Crippen LogP) is 3.71. The number of carbonyl (C=O) groups is 2. The van der Waals surface area contributed by atoms with Gasteiger partial charge in [0.2, 0.25) is 0 Å². The molecule has 0 aliphatic heterocycles. The van der Waals surface area contributed by atoms with E-state index in [1.807, 2.05) is 69.4 Å². The molecule has 0 radical (unpaired) electrons. The van der Waals surface area contributed by atoms with Gasteiger partial charge in [0.25, 0.3) is 5.91 Å². The molecular formula is C24H30N4O4. The summed E-state index contributed by atoms with van der Waals surface area (Å²) < 4.78 is 10.9. The Kier molecular flexibility index (Phi) is 7.37.